The Bertz CT molecular complexity index is 1190. The maximum atomic E-state index is 12.5. The molecule has 1 amide bonds. The molecule has 0 aromatic heterocycles. The predicted molar refractivity (Wildman–Crippen MR) is 132 cm³/mol. The molecule has 31 heavy (non-hydrogen) atoms. The van der Waals surface area contributed by atoms with E-state index in [1.807, 2.05) is 79.7 Å². The average molecular weight is 514 g/mol. The number of carbonyl (C=O) groups is 1. The van der Waals surface area contributed by atoms with Crippen molar-refractivity contribution in [1.82, 2.24) is 5.32 Å². The zero-order valence-corrected chi connectivity index (χ0v) is 19.7. The summed E-state index contributed by atoms with van der Waals surface area (Å²) < 4.78 is 6.91. The quantitative estimate of drug-likeness (QED) is 0.378. The van der Waals surface area contributed by atoms with Gasteiger partial charge in [0.25, 0.3) is 5.91 Å². The third-order valence-electron chi connectivity index (χ3n) is 4.46. The monoisotopic (exact) mass is 512 g/mol. The number of ether oxygens (including phenoxy) is 1. The topological polar surface area (TPSA) is 50.7 Å². The number of aliphatic imine (C=N–C) groups is 1. The Labute approximate surface area is 198 Å². The summed E-state index contributed by atoms with van der Waals surface area (Å²) in [7, 11) is 0. The van der Waals surface area contributed by atoms with Gasteiger partial charge in [0.15, 0.2) is 5.17 Å². The van der Waals surface area contributed by atoms with Gasteiger partial charge in [0.05, 0.1) is 10.6 Å². The fourth-order valence-corrected chi connectivity index (χ4v) is 4.33. The molecule has 1 N–H and O–H groups in total. The van der Waals surface area contributed by atoms with Crippen LogP contribution < -0.4 is 10.1 Å². The van der Waals surface area contributed by atoms with Crippen molar-refractivity contribution in [2.45, 2.75) is 13.5 Å². The van der Waals surface area contributed by atoms with E-state index in [0.717, 1.165) is 26.9 Å². The summed E-state index contributed by atoms with van der Waals surface area (Å²) in [6, 6.07) is 21.1. The number of halogens is 2. The van der Waals surface area contributed by atoms with Crippen LogP contribution in [-0.4, -0.2) is 11.1 Å². The van der Waals surface area contributed by atoms with Gasteiger partial charge < -0.3 is 10.1 Å². The summed E-state index contributed by atoms with van der Waals surface area (Å²) in [5, 5.41) is 4.04. The lowest BCUT2D eigenvalue weighted by molar-refractivity contribution is -0.115. The van der Waals surface area contributed by atoms with Crippen LogP contribution in [-0.2, 0) is 11.4 Å². The smallest absolute Gasteiger partial charge is 0.264 e. The minimum atomic E-state index is -0.184. The van der Waals surface area contributed by atoms with Crippen LogP contribution in [0.25, 0.3) is 6.08 Å². The Balaban J connectivity index is 1.55. The van der Waals surface area contributed by atoms with Gasteiger partial charge >= 0.3 is 0 Å². The molecule has 0 saturated carbocycles. The van der Waals surface area contributed by atoms with E-state index in [1.54, 1.807) is 0 Å². The zero-order chi connectivity index (χ0) is 21.8. The molecule has 7 heteroatoms. The summed E-state index contributed by atoms with van der Waals surface area (Å²) in [4.78, 5) is 17.6. The molecule has 1 saturated heterocycles. The van der Waals surface area contributed by atoms with Gasteiger partial charge in [0.2, 0.25) is 0 Å². The summed E-state index contributed by atoms with van der Waals surface area (Å²) in [6.07, 6.45) is 1.82. The molecular weight excluding hydrogens is 496 g/mol. The van der Waals surface area contributed by atoms with Crippen molar-refractivity contribution < 1.29 is 9.53 Å². The van der Waals surface area contributed by atoms with Crippen molar-refractivity contribution in [2.24, 2.45) is 4.99 Å². The second kappa shape index (κ2) is 9.73. The Hall–Kier alpha value is -2.54. The highest BCUT2D eigenvalue weighted by atomic mass is 79.9. The molecule has 4 rings (SSSR count). The number of benzene rings is 3. The van der Waals surface area contributed by atoms with E-state index in [4.69, 9.17) is 16.3 Å². The number of nitrogens with zero attached hydrogens (tertiary/aromatic N) is 1. The third-order valence-corrected chi connectivity index (χ3v) is 6.10. The van der Waals surface area contributed by atoms with Crippen LogP contribution in [0.3, 0.4) is 0 Å². The number of nitrogens with one attached hydrogen (secondary N) is 1. The van der Waals surface area contributed by atoms with E-state index in [-0.39, 0.29) is 5.91 Å². The zero-order valence-electron chi connectivity index (χ0n) is 16.6. The van der Waals surface area contributed by atoms with E-state index < -0.39 is 0 Å². The van der Waals surface area contributed by atoms with Gasteiger partial charge in [-0.05, 0) is 72.8 Å². The Morgan fingerprint density at radius 2 is 1.94 bits per heavy atom. The third kappa shape index (κ3) is 5.79. The van der Waals surface area contributed by atoms with E-state index in [2.05, 4.69) is 26.2 Å². The van der Waals surface area contributed by atoms with E-state index in [9.17, 15) is 4.79 Å². The van der Waals surface area contributed by atoms with Crippen LogP contribution >= 0.6 is 39.3 Å². The molecule has 0 spiro atoms. The van der Waals surface area contributed by atoms with Crippen LogP contribution in [0, 0.1) is 6.92 Å². The minimum absolute atomic E-state index is 0.184. The number of amides is 1. The second-order valence-corrected chi connectivity index (χ2v) is 9.30. The van der Waals surface area contributed by atoms with Crippen LogP contribution in [0.4, 0.5) is 5.69 Å². The highest BCUT2D eigenvalue weighted by Gasteiger charge is 2.24. The van der Waals surface area contributed by atoms with E-state index in [1.165, 1.54) is 11.8 Å². The molecule has 4 nitrogen and oxygen atoms in total. The fourth-order valence-electron chi connectivity index (χ4n) is 2.91. The molecule has 0 aliphatic carbocycles. The number of thioether (sulfide) groups is 1. The molecule has 156 valence electrons. The Morgan fingerprint density at radius 3 is 2.71 bits per heavy atom. The molecule has 0 atom stereocenters. The molecular formula is C24H18BrClN2O2S. The SMILES string of the molecule is Cc1ccc(N=C2NC(=O)/C(=C/c3cc(Br)ccc3OCc3cccc(Cl)c3)S2)cc1. The number of carbonyl (C=O) groups excluding carboxylic acids is 1. The molecule has 0 bridgehead atoms. The van der Waals surface area contributed by atoms with Crippen LogP contribution in [0.2, 0.25) is 5.02 Å². The Morgan fingerprint density at radius 1 is 1.13 bits per heavy atom. The first-order valence-electron chi connectivity index (χ1n) is 9.49. The van der Waals surface area contributed by atoms with Crippen molar-refractivity contribution in [3.05, 3.63) is 97.8 Å². The summed E-state index contributed by atoms with van der Waals surface area (Å²) in [5.74, 6) is 0.490. The van der Waals surface area contributed by atoms with Crippen molar-refractivity contribution in [3.63, 3.8) is 0 Å². The van der Waals surface area contributed by atoms with Gasteiger partial charge in [-0.1, -0.05) is 57.4 Å². The van der Waals surface area contributed by atoms with Gasteiger partial charge in [-0.25, -0.2) is 4.99 Å². The van der Waals surface area contributed by atoms with E-state index in [0.29, 0.717) is 27.5 Å². The molecule has 1 fully saturated rings. The molecule has 1 heterocycles. The molecule has 0 unspecified atom stereocenters. The number of hydrogen-bond acceptors (Lipinski definition) is 4. The van der Waals surface area contributed by atoms with Gasteiger partial charge in [-0.2, -0.15) is 0 Å². The lowest BCUT2D eigenvalue weighted by Crippen LogP contribution is -2.19. The number of aryl methyl sites for hydroxylation is 1. The molecule has 3 aromatic rings. The highest BCUT2D eigenvalue weighted by Crippen LogP contribution is 2.32. The molecule has 1 aliphatic rings. The second-order valence-electron chi connectivity index (χ2n) is 6.92. The maximum Gasteiger partial charge on any atom is 0.264 e. The summed E-state index contributed by atoms with van der Waals surface area (Å²) >= 11 is 10.9. The van der Waals surface area contributed by atoms with Gasteiger partial charge in [0, 0.05) is 15.1 Å². The predicted octanol–water partition coefficient (Wildman–Crippen LogP) is 6.88. The molecule has 1 aliphatic heterocycles. The van der Waals surface area contributed by atoms with Gasteiger partial charge in [0.1, 0.15) is 12.4 Å². The van der Waals surface area contributed by atoms with Crippen molar-refractivity contribution in [1.29, 1.82) is 0 Å². The van der Waals surface area contributed by atoms with E-state index >= 15 is 0 Å². The number of amidine groups is 1. The lowest BCUT2D eigenvalue weighted by atomic mass is 10.2. The molecule has 0 radical (unpaired) electrons. The number of rotatable bonds is 5. The van der Waals surface area contributed by atoms with Crippen molar-refractivity contribution in [3.8, 4) is 5.75 Å². The first-order chi connectivity index (χ1) is 15.0. The normalized spacial score (nSPS) is 16.0. The fraction of sp³-hybridized carbons (Fsp3) is 0.0833. The minimum Gasteiger partial charge on any atom is -0.488 e. The first kappa shape index (κ1) is 21.7. The summed E-state index contributed by atoms with van der Waals surface area (Å²) in [5.41, 5.74) is 3.72. The number of hydrogen-bond donors (Lipinski definition) is 1. The van der Waals surface area contributed by atoms with Gasteiger partial charge in [-0.15, -0.1) is 0 Å². The van der Waals surface area contributed by atoms with Gasteiger partial charge in [-0.3, -0.25) is 4.79 Å². The largest absolute Gasteiger partial charge is 0.488 e. The maximum absolute atomic E-state index is 12.5. The van der Waals surface area contributed by atoms with Crippen LogP contribution in [0.5, 0.6) is 5.75 Å². The lowest BCUT2D eigenvalue weighted by Gasteiger charge is -2.10. The molecule has 3 aromatic carbocycles. The summed E-state index contributed by atoms with van der Waals surface area (Å²) in [6.45, 7) is 2.39. The van der Waals surface area contributed by atoms with Crippen LogP contribution in [0.1, 0.15) is 16.7 Å². The average Bonchev–Trinajstić information content (AvgIpc) is 3.08. The highest BCUT2D eigenvalue weighted by molar-refractivity contribution is 9.10. The first-order valence-corrected chi connectivity index (χ1v) is 11.5. The van der Waals surface area contributed by atoms with Crippen LogP contribution in [0.15, 0.2) is 81.1 Å². The Kier molecular flexibility index (Phi) is 6.80. The van der Waals surface area contributed by atoms with Crippen molar-refractivity contribution in [2.75, 3.05) is 0 Å². The standard InChI is InChI=1S/C24H18BrClN2O2S/c1-15-5-8-20(9-6-15)27-24-28-23(29)22(31-24)13-17-12-18(25)7-10-21(17)30-14-16-3-2-4-19(26)11-16/h2-13H,14H2,1H3,(H,27,28,29)/b22-13-. The van der Waals surface area contributed by atoms with Crippen molar-refractivity contribution >= 4 is 62.1 Å².